The molecule has 6 heteroatoms. The van der Waals surface area contributed by atoms with E-state index < -0.39 is 12.8 Å². The third kappa shape index (κ3) is 6.41. The van der Waals surface area contributed by atoms with Gasteiger partial charge in [-0.3, -0.25) is 4.90 Å². The lowest BCUT2D eigenvalue weighted by Gasteiger charge is -2.44. The lowest BCUT2D eigenvalue weighted by atomic mass is 9.85. The number of nitrogens with zero attached hydrogens (tertiary/aromatic N) is 1. The SMILES string of the molecule is CC1CNC(C(C)(C)C)CN1CCCOCC(F)(F)F. The highest BCUT2D eigenvalue weighted by molar-refractivity contribution is 4.90. The maximum atomic E-state index is 11.9. The van der Waals surface area contributed by atoms with Gasteiger partial charge in [-0.05, 0) is 18.8 Å². The fraction of sp³-hybridized carbons (Fsp3) is 1.00. The standard InChI is InChI=1S/C14H27F3N2O/c1-11-8-18-12(13(2,3)4)9-19(11)6-5-7-20-10-14(15,16)17/h11-12,18H,5-10H2,1-4H3. The molecule has 2 unspecified atom stereocenters. The van der Waals surface area contributed by atoms with E-state index in [1.54, 1.807) is 0 Å². The van der Waals surface area contributed by atoms with Crippen molar-refractivity contribution in [3.8, 4) is 0 Å². The van der Waals surface area contributed by atoms with E-state index in [-0.39, 0.29) is 12.0 Å². The van der Waals surface area contributed by atoms with Crippen molar-refractivity contribution in [3.05, 3.63) is 0 Å². The number of hydrogen-bond donors (Lipinski definition) is 1. The number of halogens is 3. The monoisotopic (exact) mass is 296 g/mol. The number of ether oxygens (including phenoxy) is 1. The number of piperazine rings is 1. The summed E-state index contributed by atoms with van der Waals surface area (Å²) >= 11 is 0. The average Bonchev–Trinajstić information content (AvgIpc) is 2.28. The lowest BCUT2D eigenvalue weighted by Crippen LogP contribution is -2.59. The van der Waals surface area contributed by atoms with Crippen molar-refractivity contribution < 1.29 is 17.9 Å². The first-order valence-electron chi connectivity index (χ1n) is 7.21. The van der Waals surface area contributed by atoms with Crippen molar-refractivity contribution in [3.63, 3.8) is 0 Å². The quantitative estimate of drug-likeness (QED) is 0.789. The molecular weight excluding hydrogens is 269 g/mol. The molecule has 0 aromatic heterocycles. The molecule has 0 aromatic rings. The van der Waals surface area contributed by atoms with Gasteiger partial charge in [0.2, 0.25) is 0 Å². The van der Waals surface area contributed by atoms with Crippen molar-refractivity contribution in [2.24, 2.45) is 5.41 Å². The molecule has 0 radical (unpaired) electrons. The first-order chi connectivity index (χ1) is 9.09. The van der Waals surface area contributed by atoms with E-state index in [1.165, 1.54) is 0 Å². The second-order valence-corrected chi connectivity index (χ2v) is 6.69. The highest BCUT2D eigenvalue weighted by atomic mass is 19.4. The van der Waals surface area contributed by atoms with Crippen LogP contribution in [-0.4, -0.2) is 56.0 Å². The van der Waals surface area contributed by atoms with E-state index in [1.807, 2.05) is 0 Å². The molecular formula is C14H27F3N2O. The largest absolute Gasteiger partial charge is 0.411 e. The van der Waals surface area contributed by atoms with E-state index in [0.717, 1.165) is 19.6 Å². The Morgan fingerprint density at radius 1 is 1.25 bits per heavy atom. The molecule has 1 rings (SSSR count). The lowest BCUT2D eigenvalue weighted by molar-refractivity contribution is -0.174. The smallest absolute Gasteiger partial charge is 0.372 e. The minimum atomic E-state index is -4.22. The maximum Gasteiger partial charge on any atom is 0.411 e. The van der Waals surface area contributed by atoms with Crippen molar-refractivity contribution in [1.82, 2.24) is 10.2 Å². The Labute approximate surface area is 119 Å². The maximum absolute atomic E-state index is 11.9. The second-order valence-electron chi connectivity index (χ2n) is 6.69. The summed E-state index contributed by atoms with van der Waals surface area (Å²) in [6.45, 7) is 10.4. The highest BCUT2D eigenvalue weighted by Gasteiger charge is 2.32. The average molecular weight is 296 g/mol. The summed E-state index contributed by atoms with van der Waals surface area (Å²) in [6, 6.07) is 0.825. The van der Waals surface area contributed by atoms with E-state index in [0.29, 0.717) is 18.5 Å². The molecule has 0 aromatic carbocycles. The summed E-state index contributed by atoms with van der Waals surface area (Å²) in [5.41, 5.74) is 0.186. The van der Waals surface area contributed by atoms with Gasteiger partial charge < -0.3 is 10.1 Å². The van der Waals surface area contributed by atoms with E-state index in [9.17, 15) is 13.2 Å². The Morgan fingerprint density at radius 2 is 1.90 bits per heavy atom. The van der Waals surface area contributed by atoms with Crippen LogP contribution in [0.4, 0.5) is 13.2 Å². The molecule has 3 nitrogen and oxygen atoms in total. The van der Waals surface area contributed by atoms with E-state index in [4.69, 9.17) is 0 Å². The van der Waals surface area contributed by atoms with Gasteiger partial charge in [-0.25, -0.2) is 0 Å². The summed E-state index contributed by atoms with van der Waals surface area (Å²) in [4.78, 5) is 2.34. The Bertz CT molecular complexity index is 289. The van der Waals surface area contributed by atoms with Crippen LogP contribution in [0.2, 0.25) is 0 Å². The zero-order valence-electron chi connectivity index (χ0n) is 12.9. The van der Waals surface area contributed by atoms with Crippen molar-refractivity contribution in [2.45, 2.75) is 52.4 Å². The van der Waals surface area contributed by atoms with Gasteiger partial charge in [-0.1, -0.05) is 20.8 Å². The highest BCUT2D eigenvalue weighted by Crippen LogP contribution is 2.23. The molecule has 1 heterocycles. The number of rotatable bonds is 5. The fourth-order valence-corrected chi connectivity index (χ4v) is 2.37. The zero-order valence-corrected chi connectivity index (χ0v) is 12.9. The number of alkyl halides is 3. The first-order valence-corrected chi connectivity index (χ1v) is 7.21. The van der Waals surface area contributed by atoms with E-state index >= 15 is 0 Å². The molecule has 1 fully saturated rings. The molecule has 2 atom stereocenters. The summed E-state index contributed by atoms with van der Waals surface area (Å²) in [6.07, 6.45) is -3.59. The predicted molar refractivity (Wildman–Crippen MR) is 73.8 cm³/mol. The molecule has 20 heavy (non-hydrogen) atoms. The molecule has 0 bridgehead atoms. The molecule has 1 aliphatic heterocycles. The Balaban J connectivity index is 2.27. The Morgan fingerprint density at radius 3 is 2.45 bits per heavy atom. The topological polar surface area (TPSA) is 24.5 Å². The van der Waals surface area contributed by atoms with Crippen molar-refractivity contribution >= 4 is 0 Å². The molecule has 1 saturated heterocycles. The minimum absolute atomic E-state index is 0.163. The van der Waals surface area contributed by atoms with Crippen LogP contribution in [0.15, 0.2) is 0 Å². The van der Waals surface area contributed by atoms with Crippen molar-refractivity contribution in [1.29, 1.82) is 0 Å². The van der Waals surface area contributed by atoms with Gasteiger partial charge in [0.1, 0.15) is 6.61 Å². The van der Waals surface area contributed by atoms with Gasteiger partial charge in [-0.15, -0.1) is 0 Å². The molecule has 0 aliphatic carbocycles. The van der Waals surface area contributed by atoms with Crippen LogP contribution in [0.5, 0.6) is 0 Å². The van der Waals surface area contributed by atoms with Gasteiger partial charge >= 0.3 is 6.18 Å². The molecule has 0 spiro atoms. The number of nitrogens with one attached hydrogen (secondary N) is 1. The van der Waals surface area contributed by atoms with Crippen LogP contribution in [0.3, 0.4) is 0 Å². The molecule has 0 saturated carbocycles. The molecule has 120 valence electrons. The van der Waals surface area contributed by atoms with Crippen molar-refractivity contribution in [2.75, 3.05) is 32.8 Å². The van der Waals surface area contributed by atoms with E-state index in [2.05, 4.69) is 42.6 Å². The van der Waals surface area contributed by atoms with Crippen LogP contribution in [-0.2, 0) is 4.74 Å². The van der Waals surface area contributed by atoms with Gasteiger partial charge in [0, 0.05) is 38.3 Å². The third-order valence-electron chi connectivity index (χ3n) is 3.75. The summed E-state index contributed by atoms with van der Waals surface area (Å²) in [5, 5.41) is 3.54. The fourth-order valence-electron chi connectivity index (χ4n) is 2.37. The number of hydrogen-bond acceptors (Lipinski definition) is 3. The van der Waals surface area contributed by atoms with Crippen LogP contribution >= 0.6 is 0 Å². The molecule has 1 aliphatic rings. The normalized spacial score (nSPS) is 25.9. The first kappa shape index (κ1) is 17.7. The second kappa shape index (κ2) is 7.09. The predicted octanol–water partition coefficient (Wildman–Crippen LogP) is 2.66. The Hall–Kier alpha value is -0.330. The van der Waals surface area contributed by atoms with Gasteiger partial charge in [-0.2, -0.15) is 13.2 Å². The molecule has 0 amide bonds. The van der Waals surface area contributed by atoms with Crippen LogP contribution in [0.25, 0.3) is 0 Å². The van der Waals surface area contributed by atoms with Gasteiger partial charge in [0.25, 0.3) is 0 Å². The van der Waals surface area contributed by atoms with Gasteiger partial charge in [0.05, 0.1) is 0 Å². The zero-order chi connectivity index (χ0) is 15.4. The Kier molecular flexibility index (Phi) is 6.28. The van der Waals surface area contributed by atoms with Gasteiger partial charge in [0.15, 0.2) is 0 Å². The van der Waals surface area contributed by atoms with Crippen LogP contribution in [0, 0.1) is 5.41 Å². The van der Waals surface area contributed by atoms with Crippen LogP contribution in [0.1, 0.15) is 34.1 Å². The third-order valence-corrected chi connectivity index (χ3v) is 3.75. The van der Waals surface area contributed by atoms with Crippen LogP contribution < -0.4 is 5.32 Å². The minimum Gasteiger partial charge on any atom is -0.372 e. The summed E-state index contributed by atoms with van der Waals surface area (Å²) in [5.74, 6) is 0. The summed E-state index contributed by atoms with van der Waals surface area (Å²) < 4.78 is 40.5. The summed E-state index contributed by atoms with van der Waals surface area (Å²) in [7, 11) is 0. The molecule has 1 N–H and O–H groups in total.